The number of carbonyl (C=O) groups excluding carboxylic acids is 1. The minimum Gasteiger partial charge on any atom is -0.289 e. The highest BCUT2D eigenvalue weighted by Crippen LogP contribution is 2.20. The van der Waals surface area contributed by atoms with Gasteiger partial charge in [0.25, 0.3) is 0 Å². The van der Waals surface area contributed by atoms with E-state index in [2.05, 4.69) is 6.58 Å². The molecule has 68 valence electrons. The van der Waals surface area contributed by atoms with E-state index in [4.69, 9.17) is 11.6 Å². The van der Waals surface area contributed by atoms with Gasteiger partial charge in [-0.05, 0) is 18.2 Å². The van der Waals surface area contributed by atoms with E-state index in [-0.39, 0.29) is 10.6 Å². The van der Waals surface area contributed by atoms with E-state index in [1.807, 2.05) is 0 Å². The third-order valence-corrected chi connectivity index (χ3v) is 1.77. The zero-order valence-corrected chi connectivity index (χ0v) is 7.24. The molecule has 0 spiro atoms. The molecule has 1 aromatic carbocycles. The standard InChI is InChI=1S/C9H5ClF2O/c1-2-9(13)5-3-7(11)8(12)4-6(5)10/h2-4H,1H2. The molecule has 1 aromatic rings. The van der Waals surface area contributed by atoms with E-state index in [9.17, 15) is 13.6 Å². The predicted octanol–water partition coefficient (Wildman–Crippen LogP) is 2.99. The first kappa shape index (κ1) is 9.86. The van der Waals surface area contributed by atoms with Gasteiger partial charge in [-0.3, -0.25) is 4.79 Å². The lowest BCUT2D eigenvalue weighted by molar-refractivity contribution is 0.104. The van der Waals surface area contributed by atoms with Gasteiger partial charge in [0, 0.05) is 5.56 Å². The fraction of sp³-hybridized carbons (Fsp3) is 0. The average molecular weight is 203 g/mol. The Balaban J connectivity index is 3.31. The van der Waals surface area contributed by atoms with Crippen LogP contribution in [0.15, 0.2) is 24.8 Å². The summed E-state index contributed by atoms with van der Waals surface area (Å²) < 4.78 is 25.2. The van der Waals surface area contributed by atoms with Crippen LogP contribution in [0.4, 0.5) is 8.78 Å². The van der Waals surface area contributed by atoms with Gasteiger partial charge in [-0.25, -0.2) is 8.78 Å². The molecule has 13 heavy (non-hydrogen) atoms. The number of hydrogen-bond acceptors (Lipinski definition) is 1. The van der Waals surface area contributed by atoms with Gasteiger partial charge >= 0.3 is 0 Å². The highest BCUT2D eigenvalue weighted by atomic mass is 35.5. The zero-order valence-electron chi connectivity index (χ0n) is 6.48. The molecule has 0 saturated heterocycles. The molecule has 1 rings (SSSR count). The highest BCUT2D eigenvalue weighted by Gasteiger charge is 2.12. The van der Waals surface area contributed by atoms with Crippen LogP contribution in [-0.2, 0) is 0 Å². The summed E-state index contributed by atoms with van der Waals surface area (Å²) in [5, 5.41) is -0.121. The molecule has 1 nitrogen and oxygen atoms in total. The van der Waals surface area contributed by atoms with Crippen LogP contribution in [0.5, 0.6) is 0 Å². The lowest BCUT2D eigenvalue weighted by Crippen LogP contribution is -1.97. The molecule has 0 fully saturated rings. The average Bonchev–Trinajstić information content (AvgIpc) is 2.10. The van der Waals surface area contributed by atoms with Crippen LogP contribution in [0.1, 0.15) is 10.4 Å². The fourth-order valence-electron chi connectivity index (χ4n) is 0.821. The number of halogens is 3. The summed E-state index contributed by atoms with van der Waals surface area (Å²) in [6, 6.07) is 1.51. The highest BCUT2D eigenvalue weighted by molar-refractivity contribution is 6.34. The van der Waals surface area contributed by atoms with Crippen LogP contribution in [0.2, 0.25) is 5.02 Å². The number of benzene rings is 1. The number of carbonyl (C=O) groups is 1. The number of rotatable bonds is 2. The van der Waals surface area contributed by atoms with Crippen molar-refractivity contribution >= 4 is 17.4 Å². The Kier molecular flexibility index (Phi) is 2.78. The van der Waals surface area contributed by atoms with Crippen molar-refractivity contribution in [3.05, 3.63) is 47.0 Å². The van der Waals surface area contributed by atoms with Crippen molar-refractivity contribution in [2.75, 3.05) is 0 Å². The topological polar surface area (TPSA) is 17.1 Å². The van der Waals surface area contributed by atoms with Gasteiger partial charge in [0.15, 0.2) is 17.4 Å². The number of hydrogen-bond donors (Lipinski definition) is 0. The Morgan fingerprint density at radius 2 is 1.92 bits per heavy atom. The van der Waals surface area contributed by atoms with Crippen LogP contribution in [0.3, 0.4) is 0 Å². The SMILES string of the molecule is C=CC(=O)c1cc(F)c(F)cc1Cl. The molecule has 4 heteroatoms. The molecule has 0 aromatic heterocycles. The minimum absolute atomic E-state index is 0.0874. The second kappa shape index (κ2) is 3.66. The molecule has 0 saturated carbocycles. The molecule has 0 N–H and O–H groups in total. The van der Waals surface area contributed by atoms with Gasteiger partial charge in [0.05, 0.1) is 5.02 Å². The molecular formula is C9H5ClF2O. The summed E-state index contributed by atoms with van der Waals surface area (Å²) in [5.41, 5.74) is -0.0874. The molecular weight excluding hydrogens is 198 g/mol. The van der Waals surface area contributed by atoms with Crippen molar-refractivity contribution in [1.29, 1.82) is 0 Å². The fourth-order valence-corrected chi connectivity index (χ4v) is 1.06. The van der Waals surface area contributed by atoms with E-state index < -0.39 is 17.4 Å². The van der Waals surface area contributed by atoms with Gasteiger partial charge in [0.1, 0.15) is 0 Å². The van der Waals surface area contributed by atoms with Crippen LogP contribution in [0.25, 0.3) is 0 Å². The lowest BCUT2D eigenvalue weighted by atomic mass is 10.1. The summed E-state index contributed by atoms with van der Waals surface area (Å²) in [6.45, 7) is 3.21. The Labute approximate surface area is 78.6 Å². The quantitative estimate of drug-likeness (QED) is 0.409. The molecule has 0 amide bonds. The van der Waals surface area contributed by atoms with E-state index in [1.54, 1.807) is 0 Å². The van der Waals surface area contributed by atoms with Crippen LogP contribution in [0, 0.1) is 11.6 Å². The molecule has 0 unspecified atom stereocenters. The minimum atomic E-state index is -1.10. The summed E-state index contributed by atoms with van der Waals surface area (Å²) >= 11 is 5.50. The molecule has 0 bridgehead atoms. The first-order valence-corrected chi connectivity index (χ1v) is 3.75. The third-order valence-electron chi connectivity index (χ3n) is 1.46. The van der Waals surface area contributed by atoms with Crippen molar-refractivity contribution < 1.29 is 13.6 Å². The smallest absolute Gasteiger partial charge is 0.186 e. The molecule has 0 aliphatic carbocycles. The van der Waals surface area contributed by atoms with Crippen molar-refractivity contribution in [2.45, 2.75) is 0 Å². The lowest BCUT2D eigenvalue weighted by Gasteiger charge is -2.00. The Morgan fingerprint density at radius 1 is 1.38 bits per heavy atom. The second-order valence-corrected chi connectivity index (χ2v) is 2.72. The zero-order chi connectivity index (χ0) is 10.0. The van der Waals surface area contributed by atoms with E-state index in [0.29, 0.717) is 0 Å². The van der Waals surface area contributed by atoms with Crippen LogP contribution < -0.4 is 0 Å². The Morgan fingerprint density at radius 3 is 2.46 bits per heavy atom. The summed E-state index contributed by atoms with van der Waals surface area (Å²) in [6.07, 6.45) is 0.985. The molecule has 0 heterocycles. The van der Waals surface area contributed by atoms with Crippen LogP contribution in [-0.4, -0.2) is 5.78 Å². The monoisotopic (exact) mass is 202 g/mol. The normalized spacial score (nSPS) is 9.77. The first-order valence-electron chi connectivity index (χ1n) is 3.37. The first-order chi connectivity index (χ1) is 6.06. The molecule has 0 aliphatic heterocycles. The van der Waals surface area contributed by atoms with Gasteiger partial charge in [-0.15, -0.1) is 0 Å². The van der Waals surface area contributed by atoms with Gasteiger partial charge < -0.3 is 0 Å². The van der Waals surface area contributed by atoms with Crippen molar-refractivity contribution in [2.24, 2.45) is 0 Å². The van der Waals surface area contributed by atoms with Crippen LogP contribution >= 0.6 is 11.6 Å². The Bertz CT molecular complexity index is 374. The van der Waals surface area contributed by atoms with Crippen molar-refractivity contribution in [3.63, 3.8) is 0 Å². The molecule has 0 aliphatic rings. The Hall–Kier alpha value is -1.22. The molecule has 0 atom stereocenters. The second-order valence-electron chi connectivity index (χ2n) is 2.31. The van der Waals surface area contributed by atoms with Gasteiger partial charge in [-0.2, -0.15) is 0 Å². The third kappa shape index (κ3) is 1.92. The maximum Gasteiger partial charge on any atom is 0.186 e. The van der Waals surface area contributed by atoms with Crippen molar-refractivity contribution in [3.8, 4) is 0 Å². The van der Waals surface area contributed by atoms with Gasteiger partial charge in [0.2, 0.25) is 0 Å². The van der Waals surface area contributed by atoms with E-state index >= 15 is 0 Å². The molecule has 0 radical (unpaired) electrons. The summed E-state index contributed by atoms with van der Waals surface area (Å²) in [5.74, 6) is -2.72. The maximum atomic E-state index is 12.6. The number of ketones is 1. The van der Waals surface area contributed by atoms with E-state index in [1.165, 1.54) is 0 Å². The number of allylic oxidation sites excluding steroid dienone is 1. The van der Waals surface area contributed by atoms with Gasteiger partial charge in [-0.1, -0.05) is 18.2 Å². The summed E-state index contributed by atoms with van der Waals surface area (Å²) in [7, 11) is 0. The maximum absolute atomic E-state index is 12.6. The predicted molar refractivity (Wildman–Crippen MR) is 45.9 cm³/mol. The largest absolute Gasteiger partial charge is 0.289 e. The van der Waals surface area contributed by atoms with E-state index in [0.717, 1.165) is 18.2 Å². The van der Waals surface area contributed by atoms with Crippen molar-refractivity contribution in [1.82, 2.24) is 0 Å². The summed E-state index contributed by atoms with van der Waals surface area (Å²) in [4.78, 5) is 11.0.